The molecule has 0 aliphatic heterocycles. The molecule has 0 fully saturated rings. The molecule has 25 heavy (non-hydrogen) atoms. The number of halogens is 5. The Morgan fingerprint density at radius 3 is 2.08 bits per heavy atom. The van der Waals surface area contributed by atoms with E-state index in [-0.39, 0.29) is 10.7 Å². The van der Waals surface area contributed by atoms with E-state index in [1.54, 1.807) is 31.2 Å². The molecule has 3 aromatic rings. The van der Waals surface area contributed by atoms with Gasteiger partial charge in [-0.3, -0.25) is 0 Å². The van der Waals surface area contributed by atoms with Gasteiger partial charge < -0.3 is 0 Å². The fourth-order valence-corrected chi connectivity index (χ4v) is 2.96. The van der Waals surface area contributed by atoms with Crippen LogP contribution in [0.2, 0.25) is 10.2 Å². The normalized spacial score (nSPS) is 11.0. The molecule has 0 unspecified atom stereocenters. The van der Waals surface area contributed by atoms with Crippen LogP contribution < -0.4 is 0 Å². The molecule has 1 aromatic heterocycles. The van der Waals surface area contributed by atoms with E-state index in [1.807, 2.05) is 0 Å². The van der Waals surface area contributed by atoms with E-state index in [1.165, 1.54) is 0 Å². The average Bonchev–Trinajstić information content (AvgIpc) is 2.54. The van der Waals surface area contributed by atoms with Crippen LogP contribution in [0, 0.1) is 24.4 Å². The molecule has 3 rings (SSSR count). The number of rotatable bonds is 3. The molecule has 0 amide bonds. The summed E-state index contributed by atoms with van der Waals surface area (Å²) in [6.45, 7) is 1.66. The Kier molecular flexibility index (Phi) is 4.97. The molecule has 0 atom stereocenters. The maximum Gasteiger partial charge on any atom is 0.160 e. The number of aromatic nitrogens is 2. The minimum absolute atomic E-state index is 0.0686. The topological polar surface area (TPSA) is 25.8 Å². The summed E-state index contributed by atoms with van der Waals surface area (Å²) in [5, 5.41) is 8.09. The van der Waals surface area contributed by atoms with Gasteiger partial charge in [-0.05, 0) is 30.2 Å². The van der Waals surface area contributed by atoms with Crippen molar-refractivity contribution in [3.63, 3.8) is 0 Å². The van der Waals surface area contributed by atoms with Crippen LogP contribution in [0.25, 0.3) is 11.1 Å². The van der Waals surface area contributed by atoms with Gasteiger partial charge in [0.25, 0.3) is 0 Å². The van der Waals surface area contributed by atoms with Crippen molar-refractivity contribution < 1.29 is 13.2 Å². The van der Waals surface area contributed by atoms with Crippen LogP contribution >= 0.6 is 23.2 Å². The standard InChI is InChI=1S/C18H11Cl2F3N2/c1-9-13(6-10-2-4-11(19)5-3-10)16(18(20)25-24-9)17-14(22)7-12(21)8-15(17)23/h2-5,7-8H,6H2,1H3. The zero-order valence-electron chi connectivity index (χ0n) is 13.0. The molecule has 2 aromatic carbocycles. The van der Waals surface area contributed by atoms with Gasteiger partial charge in [0.2, 0.25) is 0 Å². The van der Waals surface area contributed by atoms with Gasteiger partial charge in [0.15, 0.2) is 5.15 Å². The van der Waals surface area contributed by atoms with E-state index < -0.39 is 23.0 Å². The van der Waals surface area contributed by atoms with Crippen LogP contribution in [0.15, 0.2) is 36.4 Å². The van der Waals surface area contributed by atoms with Gasteiger partial charge in [-0.25, -0.2) is 13.2 Å². The van der Waals surface area contributed by atoms with Crippen molar-refractivity contribution in [3.8, 4) is 11.1 Å². The lowest BCUT2D eigenvalue weighted by Gasteiger charge is -2.15. The molecular weight excluding hydrogens is 372 g/mol. The Labute approximate surface area is 152 Å². The lowest BCUT2D eigenvalue weighted by Crippen LogP contribution is -2.05. The van der Waals surface area contributed by atoms with Crippen LogP contribution in [0.1, 0.15) is 16.8 Å². The molecule has 7 heteroatoms. The minimum atomic E-state index is -1.05. The lowest BCUT2D eigenvalue weighted by atomic mass is 9.94. The van der Waals surface area contributed by atoms with E-state index in [2.05, 4.69) is 10.2 Å². The summed E-state index contributed by atoms with van der Waals surface area (Å²) >= 11 is 12.0. The molecule has 1 heterocycles. The SMILES string of the molecule is Cc1nnc(Cl)c(-c2c(F)cc(F)cc2F)c1Cc1ccc(Cl)cc1. The summed E-state index contributed by atoms with van der Waals surface area (Å²) in [7, 11) is 0. The number of hydrogen-bond acceptors (Lipinski definition) is 2. The first-order valence-corrected chi connectivity index (χ1v) is 8.03. The third-order valence-corrected chi connectivity index (χ3v) is 4.30. The second kappa shape index (κ2) is 7.02. The highest BCUT2D eigenvalue weighted by atomic mass is 35.5. The Morgan fingerprint density at radius 1 is 0.880 bits per heavy atom. The number of nitrogens with zero attached hydrogens (tertiary/aromatic N) is 2. The van der Waals surface area contributed by atoms with E-state index >= 15 is 0 Å². The maximum atomic E-state index is 14.3. The Bertz CT molecular complexity index is 921. The van der Waals surface area contributed by atoms with Crippen LogP contribution in [-0.4, -0.2) is 10.2 Å². The molecule has 2 nitrogen and oxygen atoms in total. The quantitative estimate of drug-likeness (QED) is 0.574. The summed E-state index contributed by atoms with van der Waals surface area (Å²) in [5.41, 5.74) is 1.47. The van der Waals surface area contributed by atoms with Crippen molar-refractivity contribution in [1.82, 2.24) is 10.2 Å². The molecule has 0 N–H and O–H groups in total. The predicted molar refractivity (Wildman–Crippen MR) is 91.3 cm³/mol. The smallest absolute Gasteiger partial charge is 0.160 e. The molecule has 0 radical (unpaired) electrons. The fraction of sp³-hybridized carbons (Fsp3) is 0.111. The number of benzene rings is 2. The predicted octanol–water partition coefficient (Wildman–Crippen LogP) is 5.77. The number of hydrogen-bond donors (Lipinski definition) is 0. The van der Waals surface area contributed by atoms with Crippen molar-refractivity contribution in [2.24, 2.45) is 0 Å². The lowest BCUT2D eigenvalue weighted by molar-refractivity contribution is 0.547. The van der Waals surface area contributed by atoms with Gasteiger partial charge in [0, 0.05) is 29.1 Å². The monoisotopic (exact) mass is 382 g/mol. The third-order valence-electron chi connectivity index (χ3n) is 3.78. The van der Waals surface area contributed by atoms with E-state index in [0.717, 1.165) is 5.56 Å². The molecular formula is C18H11Cl2F3N2. The van der Waals surface area contributed by atoms with Crippen LogP contribution in [0.4, 0.5) is 13.2 Å². The van der Waals surface area contributed by atoms with Gasteiger partial charge in [-0.15, -0.1) is 5.10 Å². The zero-order valence-corrected chi connectivity index (χ0v) is 14.5. The average molecular weight is 383 g/mol. The minimum Gasteiger partial charge on any atom is -0.207 e. The summed E-state index contributed by atoms with van der Waals surface area (Å²) in [4.78, 5) is 0. The molecule has 0 aliphatic carbocycles. The van der Waals surface area contributed by atoms with Crippen molar-refractivity contribution in [2.45, 2.75) is 13.3 Å². The summed E-state index contributed by atoms with van der Waals surface area (Å²) in [6, 6.07) is 8.21. The number of aryl methyl sites for hydroxylation is 1. The fourth-order valence-electron chi connectivity index (χ4n) is 2.59. The molecule has 0 spiro atoms. The first-order chi connectivity index (χ1) is 11.9. The molecule has 0 saturated heterocycles. The molecule has 0 saturated carbocycles. The van der Waals surface area contributed by atoms with Crippen molar-refractivity contribution in [2.75, 3.05) is 0 Å². The van der Waals surface area contributed by atoms with Gasteiger partial charge in [0.1, 0.15) is 17.5 Å². The van der Waals surface area contributed by atoms with Crippen LogP contribution in [0.5, 0.6) is 0 Å². The molecule has 0 bridgehead atoms. The Morgan fingerprint density at radius 2 is 1.48 bits per heavy atom. The van der Waals surface area contributed by atoms with E-state index in [9.17, 15) is 13.2 Å². The Balaban J connectivity index is 2.20. The highest BCUT2D eigenvalue weighted by molar-refractivity contribution is 6.32. The van der Waals surface area contributed by atoms with E-state index in [4.69, 9.17) is 23.2 Å². The summed E-state index contributed by atoms with van der Waals surface area (Å²) in [6.07, 6.45) is 0.309. The van der Waals surface area contributed by atoms with Gasteiger partial charge >= 0.3 is 0 Å². The molecule has 128 valence electrons. The maximum absolute atomic E-state index is 14.3. The zero-order chi connectivity index (χ0) is 18.1. The second-order valence-corrected chi connectivity index (χ2v) is 6.27. The van der Waals surface area contributed by atoms with Gasteiger partial charge in [0.05, 0.1) is 11.3 Å². The van der Waals surface area contributed by atoms with Crippen LogP contribution in [-0.2, 0) is 6.42 Å². The van der Waals surface area contributed by atoms with Gasteiger partial charge in [-0.1, -0.05) is 35.3 Å². The third kappa shape index (κ3) is 3.62. The van der Waals surface area contributed by atoms with E-state index in [0.29, 0.717) is 34.8 Å². The first-order valence-electron chi connectivity index (χ1n) is 7.28. The Hall–Kier alpha value is -2.11. The summed E-state index contributed by atoms with van der Waals surface area (Å²) < 4.78 is 41.8. The molecule has 0 aliphatic rings. The second-order valence-electron chi connectivity index (χ2n) is 5.48. The highest BCUT2D eigenvalue weighted by Crippen LogP contribution is 2.36. The van der Waals surface area contributed by atoms with Crippen molar-refractivity contribution in [3.05, 3.63) is 80.8 Å². The largest absolute Gasteiger partial charge is 0.207 e. The first kappa shape index (κ1) is 17.7. The van der Waals surface area contributed by atoms with Crippen LogP contribution in [0.3, 0.4) is 0 Å². The van der Waals surface area contributed by atoms with Gasteiger partial charge in [-0.2, -0.15) is 5.10 Å². The van der Waals surface area contributed by atoms with Crippen molar-refractivity contribution in [1.29, 1.82) is 0 Å². The summed E-state index contributed by atoms with van der Waals surface area (Å²) in [5.74, 6) is -3.11. The highest BCUT2D eigenvalue weighted by Gasteiger charge is 2.22. The van der Waals surface area contributed by atoms with Crippen molar-refractivity contribution >= 4 is 23.2 Å².